The van der Waals surface area contributed by atoms with Crippen molar-refractivity contribution in [2.45, 2.75) is 0 Å². The van der Waals surface area contributed by atoms with E-state index in [2.05, 4.69) is 0 Å². The number of rotatable bonds is 0. The topological polar surface area (TPSA) is 40.9 Å². The van der Waals surface area contributed by atoms with Crippen LogP contribution in [0.25, 0.3) is 0 Å². The Bertz CT molecular complexity index is 34.5. The largest absolute Gasteiger partial charge is 0.231 e. The van der Waals surface area contributed by atoms with Gasteiger partial charge in [-0.25, -0.2) is 10.2 Å². The first-order valence-electron chi connectivity index (χ1n) is 0.454. The summed E-state index contributed by atoms with van der Waals surface area (Å²) < 4.78 is 0. The van der Waals surface area contributed by atoms with Crippen LogP contribution in [0.4, 0.5) is 0 Å². The van der Waals surface area contributed by atoms with E-state index in [-0.39, 0.29) is 39.4 Å². The Labute approximate surface area is 56.1 Å². The predicted octanol–water partition coefficient (Wildman–Crippen LogP) is 0.548. The smallest absolute Gasteiger partial charge is 0.222 e. The molecule has 0 amide bonds. The maximum absolute atomic E-state index is 8.35. The van der Waals surface area contributed by atoms with Gasteiger partial charge in [0.05, 0.1) is 0 Å². The van der Waals surface area contributed by atoms with Crippen molar-refractivity contribution in [2.24, 2.45) is 0 Å². The quantitative estimate of drug-likeness (QED) is 0.395. The van der Waals surface area contributed by atoms with Gasteiger partial charge in [-0.15, -0.1) is 12.4 Å². The van der Waals surface area contributed by atoms with Crippen LogP contribution in [0.5, 0.6) is 0 Å². The van der Waals surface area contributed by atoms with E-state index in [9.17, 15) is 0 Å². The number of nitrogens with one attached hydrogen (secondary N) is 1. The lowest BCUT2D eigenvalue weighted by atomic mass is 11.7. The van der Waals surface area contributed by atoms with Crippen LogP contribution in [0.3, 0.4) is 0 Å². The highest BCUT2D eigenvalue weighted by Gasteiger charge is 1.03. The van der Waals surface area contributed by atoms with Gasteiger partial charge in [0.25, 0.3) is 0 Å². The zero-order chi connectivity index (χ0) is 2.71. The Morgan fingerprint density at radius 3 is 1.33 bits per heavy atom. The molecule has 0 aliphatic carbocycles. The standard InChI is InChI=1S/CHNO.ClH.2H2S/c2-1-3;;;/h2H;1H;2*1H2. The maximum Gasteiger partial charge on any atom is 0.231 e. The second-order valence-electron chi connectivity index (χ2n) is 0.102. The van der Waals surface area contributed by atoms with E-state index >= 15 is 0 Å². The Morgan fingerprint density at radius 1 is 1.33 bits per heavy atom. The molecule has 6 heavy (non-hydrogen) atoms. The Balaban J connectivity index is -0.00000000667. The van der Waals surface area contributed by atoms with Crippen molar-refractivity contribution in [3.63, 3.8) is 0 Å². The lowest BCUT2D eigenvalue weighted by Crippen LogP contribution is -1.16. The zero-order valence-corrected chi connectivity index (χ0v) is 5.63. The van der Waals surface area contributed by atoms with Gasteiger partial charge in [-0.1, -0.05) is 0 Å². The Hall–Kier alpha value is 0.370. The van der Waals surface area contributed by atoms with E-state index in [1.54, 1.807) is 0 Å². The first-order chi connectivity index (χ1) is 1.41. The summed E-state index contributed by atoms with van der Waals surface area (Å²) in [6, 6.07) is 0. The molecule has 5 heteroatoms. The van der Waals surface area contributed by atoms with Crippen molar-refractivity contribution in [1.29, 1.82) is 5.41 Å². The summed E-state index contributed by atoms with van der Waals surface area (Å²) in [7, 11) is 0. The van der Waals surface area contributed by atoms with Gasteiger partial charge in [0.1, 0.15) is 0 Å². The molecule has 0 aliphatic rings. The number of carbonyl (C=O) groups excluding carboxylic acids is 1. The molecule has 40 valence electrons. The molecule has 0 aromatic carbocycles. The van der Waals surface area contributed by atoms with Crippen molar-refractivity contribution in [1.82, 2.24) is 0 Å². The van der Waals surface area contributed by atoms with E-state index < -0.39 is 0 Å². The molecule has 1 N–H and O–H groups in total. The molecular weight excluding hydrogens is 142 g/mol. The van der Waals surface area contributed by atoms with Crippen LogP contribution in [0.2, 0.25) is 0 Å². The van der Waals surface area contributed by atoms with Gasteiger partial charge in [-0.3, -0.25) is 0 Å². The van der Waals surface area contributed by atoms with Crippen molar-refractivity contribution in [2.75, 3.05) is 0 Å². The molecule has 0 heterocycles. The lowest BCUT2D eigenvalue weighted by molar-refractivity contribution is 0.563. The van der Waals surface area contributed by atoms with E-state index in [0.29, 0.717) is 0 Å². The lowest BCUT2D eigenvalue weighted by Gasteiger charge is -1.02. The van der Waals surface area contributed by atoms with Crippen molar-refractivity contribution < 1.29 is 4.79 Å². The van der Waals surface area contributed by atoms with Gasteiger partial charge >= 0.3 is 0 Å². The van der Waals surface area contributed by atoms with Crippen LogP contribution in [0, 0.1) is 5.41 Å². The van der Waals surface area contributed by atoms with Crippen LogP contribution in [-0.2, 0) is 4.79 Å². The molecule has 0 radical (unpaired) electrons. The van der Waals surface area contributed by atoms with E-state index in [1.807, 2.05) is 0 Å². The maximum atomic E-state index is 8.35. The fraction of sp³-hybridized carbons (Fsp3) is 0. The first-order valence-corrected chi connectivity index (χ1v) is 0.454. The molecule has 0 aliphatic heterocycles. The molecule has 0 unspecified atom stereocenters. The van der Waals surface area contributed by atoms with Crippen molar-refractivity contribution in [3.05, 3.63) is 0 Å². The molecule has 0 saturated carbocycles. The molecular formula is CH6ClNOS2. The van der Waals surface area contributed by atoms with E-state index in [1.165, 1.54) is 0 Å². The van der Waals surface area contributed by atoms with Gasteiger partial charge in [0, 0.05) is 0 Å². The molecule has 0 aromatic rings. The molecule has 0 spiro atoms. The van der Waals surface area contributed by atoms with Gasteiger partial charge in [-0.2, -0.15) is 27.0 Å². The fourth-order valence-electron chi connectivity index (χ4n) is 0. The average Bonchev–Trinajstić information content (AvgIpc) is 0.918. The summed E-state index contributed by atoms with van der Waals surface area (Å²) in [4.78, 5) is 8.35. The third-order valence-corrected chi connectivity index (χ3v) is 0. The second kappa shape index (κ2) is 54.6. The third-order valence-electron chi connectivity index (χ3n) is 0. The number of isocyanates is 1. The molecule has 0 aromatic heterocycles. The van der Waals surface area contributed by atoms with E-state index in [4.69, 9.17) is 10.2 Å². The second-order valence-corrected chi connectivity index (χ2v) is 0.102. The minimum atomic E-state index is 0. The van der Waals surface area contributed by atoms with Crippen LogP contribution in [0.1, 0.15) is 0 Å². The third kappa shape index (κ3) is 363. The van der Waals surface area contributed by atoms with Gasteiger partial charge < -0.3 is 0 Å². The molecule has 0 bridgehead atoms. The van der Waals surface area contributed by atoms with E-state index in [0.717, 1.165) is 6.08 Å². The Morgan fingerprint density at radius 2 is 1.33 bits per heavy atom. The number of hydrogen-bond donors (Lipinski definition) is 1. The summed E-state index contributed by atoms with van der Waals surface area (Å²) in [5.41, 5.74) is 0. The van der Waals surface area contributed by atoms with Crippen molar-refractivity contribution in [3.8, 4) is 0 Å². The average molecular weight is 148 g/mol. The summed E-state index contributed by atoms with van der Waals surface area (Å²) in [5.74, 6) is 0. The normalized spacial score (nSPS) is 1.33. The monoisotopic (exact) mass is 147 g/mol. The highest BCUT2D eigenvalue weighted by molar-refractivity contribution is 7.59. The SMILES string of the molecule is Cl.N=C=O.S.S. The summed E-state index contributed by atoms with van der Waals surface area (Å²) >= 11 is 0. The van der Waals surface area contributed by atoms with Gasteiger partial charge in [0.2, 0.25) is 6.08 Å². The first kappa shape index (κ1) is 32.7. The highest BCUT2D eigenvalue weighted by Crippen LogP contribution is 0.868. The van der Waals surface area contributed by atoms with Gasteiger partial charge in [0.15, 0.2) is 0 Å². The molecule has 0 rings (SSSR count). The van der Waals surface area contributed by atoms with Crippen LogP contribution in [-0.4, -0.2) is 6.08 Å². The minimum Gasteiger partial charge on any atom is -0.222 e. The summed E-state index contributed by atoms with van der Waals surface area (Å²) in [6.45, 7) is 0. The van der Waals surface area contributed by atoms with Crippen LogP contribution in [0.15, 0.2) is 0 Å². The summed E-state index contributed by atoms with van der Waals surface area (Å²) in [6.07, 6.45) is 0.750. The predicted molar refractivity (Wildman–Crippen MR) is 36.4 cm³/mol. The minimum absolute atomic E-state index is 0. The fourth-order valence-corrected chi connectivity index (χ4v) is 0. The van der Waals surface area contributed by atoms with Gasteiger partial charge in [-0.05, 0) is 0 Å². The van der Waals surface area contributed by atoms with Crippen molar-refractivity contribution >= 4 is 45.5 Å². The molecule has 0 atom stereocenters. The zero-order valence-electron chi connectivity index (χ0n) is 2.82. The Kier molecular flexibility index (Phi) is 298. The molecule has 0 saturated heterocycles. The number of halogens is 1. The highest BCUT2D eigenvalue weighted by atomic mass is 35.5. The van der Waals surface area contributed by atoms with Crippen LogP contribution >= 0.6 is 39.4 Å². The number of hydrogen-bond acceptors (Lipinski definition) is 2. The summed E-state index contributed by atoms with van der Waals surface area (Å²) in [5, 5.41) is 5.40. The molecule has 2 nitrogen and oxygen atoms in total. The molecule has 0 fully saturated rings. The van der Waals surface area contributed by atoms with Crippen LogP contribution < -0.4 is 0 Å².